The maximum absolute atomic E-state index is 6.23. The zero-order valence-corrected chi connectivity index (χ0v) is 14.4. The largest absolute Gasteiger partial charge is 0.377 e. The van der Waals surface area contributed by atoms with Crippen LogP contribution >= 0.6 is 11.6 Å². The van der Waals surface area contributed by atoms with Gasteiger partial charge in [0.1, 0.15) is 0 Å². The average molecular weight is 328 g/mol. The van der Waals surface area contributed by atoms with Crippen LogP contribution in [0.2, 0.25) is 5.02 Å². The van der Waals surface area contributed by atoms with Gasteiger partial charge in [0, 0.05) is 28.8 Å². The normalized spacial score (nSPS) is 26.1. The quantitative estimate of drug-likeness (QED) is 0.737. The SMILES string of the molecule is Cc1cc(C)c2c(c1)[C@H]1OCCC[C@H]1C(c1ccc(Cl)cc1)N2. The molecule has 0 radical (unpaired) electrons. The Hall–Kier alpha value is -1.51. The summed E-state index contributed by atoms with van der Waals surface area (Å²) < 4.78 is 6.23. The van der Waals surface area contributed by atoms with Gasteiger partial charge in [0.25, 0.3) is 0 Å². The lowest BCUT2D eigenvalue weighted by Crippen LogP contribution is -2.36. The van der Waals surface area contributed by atoms with Gasteiger partial charge in [-0.05, 0) is 49.9 Å². The van der Waals surface area contributed by atoms with Crippen LogP contribution in [0.4, 0.5) is 5.69 Å². The van der Waals surface area contributed by atoms with Crippen LogP contribution in [0.5, 0.6) is 0 Å². The minimum absolute atomic E-state index is 0.194. The Morgan fingerprint density at radius 2 is 1.91 bits per heavy atom. The zero-order valence-electron chi connectivity index (χ0n) is 13.6. The van der Waals surface area contributed by atoms with Crippen LogP contribution in [0.25, 0.3) is 0 Å². The molecule has 1 unspecified atom stereocenters. The molecule has 2 heterocycles. The summed E-state index contributed by atoms with van der Waals surface area (Å²) in [7, 11) is 0. The third-order valence-corrected chi connectivity index (χ3v) is 5.39. The minimum Gasteiger partial charge on any atom is -0.377 e. The van der Waals surface area contributed by atoms with Gasteiger partial charge in [-0.2, -0.15) is 0 Å². The molecular formula is C20H22ClNO. The Kier molecular flexibility index (Phi) is 3.82. The molecule has 1 fully saturated rings. The van der Waals surface area contributed by atoms with E-state index in [2.05, 4.69) is 43.4 Å². The molecule has 0 amide bonds. The van der Waals surface area contributed by atoms with E-state index in [0.717, 1.165) is 18.1 Å². The Bertz CT molecular complexity index is 725. The minimum atomic E-state index is 0.194. The number of aryl methyl sites for hydroxylation is 2. The number of nitrogens with one attached hydrogen (secondary N) is 1. The van der Waals surface area contributed by atoms with Crippen molar-refractivity contribution in [1.82, 2.24) is 0 Å². The van der Waals surface area contributed by atoms with E-state index in [4.69, 9.17) is 16.3 Å². The molecule has 1 saturated heterocycles. The van der Waals surface area contributed by atoms with E-state index in [1.807, 2.05) is 12.1 Å². The third kappa shape index (κ3) is 2.64. The lowest BCUT2D eigenvalue weighted by molar-refractivity contribution is -0.0382. The summed E-state index contributed by atoms with van der Waals surface area (Å²) in [5, 5.41) is 4.59. The number of benzene rings is 2. The zero-order chi connectivity index (χ0) is 16.0. The molecule has 2 aliphatic rings. The van der Waals surface area contributed by atoms with Crippen molar-refractivity contribution in [1.29, 1.82) is 0 Å². The van der Waals surface area contributed by atoms with Gasteiger partial charge >= 0.3 is 0 Å². The molecule has 2 aromatic carbocycles. The van der Waals surface area contributed by atoms with Crippen LogP contribution in [0.1, 0.15) is 47.2 Å². The second-order valence-corrected chi connectivity index (χ2v) is 7.25. The molecule has 3 heteroatoms. The van der Waals surface area contributed by atoms with Crippen LogP contribution in [0.3, 0.4) is 0 Å². The Labute approximate surface area is 142 Å². The van der Waals surface area contributed by atoms with Gasteiger partial charge in [-0.25, -0.2) is 0 Å². The highest BCUT2D eigenvalue weighted by atomic mass is 35.5. The molecule has 1 N–H and O–H groups in total. The average Bonchev–Trinajstić information content (AvgIpc) is 2.55. The van der Waals surface area contributed by atoms with E-state index in [-0.39, 0.29) is 12.1 Å². The monoisotopic (exact) mass is 327 g/mol. The van der Waals surface area contributed by atoms with Crippen LogP contribution in [-0.2, 0) is 4.74 Å². The van der Waals surface area contributed by atoms with E-state index in [1.54, 1.807) is 0 Å². The maximum Gasteiger partial charge on any atom is 0.0896 e. The van der Waals surface area contributed by atoms with Crippen molar-refractivity contribution in [3.8, 4) is 0 Å². The van der Waals surface area contributed by atoms with E-state index in [0.29, 0.717) is 5.92 Å². The van der Waals surface area contributed by atoms with Crippen molar-refractivity contribution in [3.63, 3.8) is 0 Å². The summed E-state index contributed by atoms with van der Waals surface area (Å²) in [6.07, 6.45) is 2.52. The Balaban J connectivity index is 1.81. The van der Waals surface area contributed by atoms with Gasteiger partial charge in [0.05, 0.1) is 12.1 Å². The van der Waals surface area contributed by atoms with Crippen LogP contribution in [-0.4, -0.2) is 6.61 Å². The van der Waals surface area contributed by atoms with Crippen molar-refractivity contribution < 1.29 is 4.74 Å². The van der Waals surface area contributed by atoms with Gasteiger partial charge in [-0.3, -0.25) is 0 Å². The predicted octanol–water partition coefficient (Wildman–Crippen LogP) is 5.59. The number of rotatable bonds is 1. The molecule has 0 saturated carbocycles. The summed E-state index contributed by atoms with van der Waals surface area (Å²) in [6.45, 7) is 5.21. The Morgan fingerprint density at radius 1 is 1.13 bits per heavy atom. The second kappa shape index (κ2) is 5.85. The van der Waals surface area contributed by atoms with Crippen molar-refractivity contribution in [2.24, 2.45) is 5.92 Å². The fraction of sp³-hybridized carbons (Fsp3) is 0.400. The smallest absolute Gasteiger partial charge is 0.0896 e. The van der Waals surface area contributed by atoms with Gasteiger partial charge in [-0.15, -0.1) is 0 Å². The molecule has 2 aromatic rings. The summed E-state index contributed by atoms with van der Waals surface area (Å²) in [5.74, 6) is 0.471. The van der Waals surface area contributed by atoms with Gasteiger partial charge < -0.3 is 10.1 Å². The highest BCUT2D eigenvalue weighted by Gasteiger charge is 2.40. The third-order valence-electron chi connectivity index (χ3n) is 5.14. The molecule has 23 heavy (non-hydrogen) atoms. The summed E-state index contributed by atoms with van der Waals surface area (Å²) in [4.78, 5) is 0. The van der Waals surface area contributed by atoms with E-state index in [1.165, 1.54) is 34.4 Å². The fourth-order valence-electron chi connectivity index (χ4n) is 4.15. The molecule has 2 nitrogen and oxygen atoms in total. The maximum atomic E-state index is 6.23. The predicted molar refractivity (Wildman–Crippen MR) is 95.1 cm³/mol. The molecule has 120 valence electrons. The molecule has 2 aliphatic heterocycles. The number of hydrogen-bond donors (Lipinski definition) is 1. The number of ether oxygens (including phenoxy) is 1. The molecular weight excluding hydrogens is 306 g/mol. The van der Waals surface area contributed by atoms with E-state index >= 15 is 0 Å². The van der Waals surface area contributed by atoms with Crippen LogP contribution < -0.4 is 5.32 Å². The van der Waals surface area contributed by atoms with Gasteiger partial charge in [0.15, 0.2) is 0 Å². The number of hydrogen-bond acceptors (Lipinski definition) is 2. The first-order valence-electron chi connectivity index (χ1n) is 8.38. The van der Waals surface area contributed by atoms with Crippen molar-refractivity contribution in [2.75, 3.05) is 11.9 Å². The summed E-state index contributed by atoms with van der Waals surface area (Å²) in [5.41, 5.74) is 6.48. The summed E-state index contributed by atoms with van der Waals surface area (Å²) in [6, 6.07) is 13.1. The number of anilines is 1. The van der Waals surface area contributed by atoms with Gasteiger partial charge in [0.2, 0.25) is 0 Å². The molecule has 0 aromatic heterocycles. The standard InChI is InChI=1S/C20H22ClNO/c1-12-10-13(2)18-17(11-12)20-16(4-3-9-23-20)19(22-18)14-5-7-15(21)8-6-14/h5-8,10-11,16,19-20,22H,3-4,9H2,1-2H3/t16-,19?,20-/m0/s1. The van der Waals surface area contributed by atoms with Crippen LogP contribution in [0.15, 0.2) is 36.4 Å². The molecule has 0 spiro atoms. The topological polar surface area (TPSA) is 21.3 Å². The number of halogens is 1. The van der Waals surface area contributed by atoms with Crippen molar-refractivity contribution >= 4 is 17.3 Å². The van der Waals surface area contributed by atoms with Gasteiger partial charge in [-0.1, -0.05) is 41.4 Å². The lowest BCUT2D eigenvalue weighted by Gasteiger charge is -2.44. The van der Waals surface area contributed by atoms with Crippen molar-refractivity contribution in [3.05, 3.63) is 63.7 Å². The lowest BCUT2D eigenvalue weighted by atomic mass is 9.76. The van der Waals surface area contributed by atoms with Crippen LogP contribution in [0, 0.1) is 19.8 Å². The first-order chi connectivity index (χ1) is 11.1. The molecule has 4 rings (SSSR count). The first kappa shape index (κ1) is 15.0. The molecule has 0 bridgehead atoms. The fourth-order valence-corrected chi connectivity index (χ4v) is 4.28. The first-order valence-corrected chi connectivity index (χ1v) is 8.76. The molecule has 3 atom stereocenters. The van der Waals surface area contributed by atoms with E-state index < -0.39 is 0 Å². The Morgan fingerprint density at radius 3 is 2.70 bits per heavy atom. The molecule has 0 aliphatic carbocycles. The summed E-state index contributed by atoms with van der Waals surface area (Å²) >= 11 is 6.07. The second-order valence-electron chi connectivity index (χ2n) is 6.82. The van der Waals surface area contributed by atoms with E-state index in [9.17, 15) is 0 Å². The highest BCUT2D eigenvalue weighted by molar-refractivity contribution is 6.30. The van der Waals surface area contributed by atoms with Crippen molar-refractivity contribution in [2.45, 2.75) is 38.8 Å². The number of fused-ring (bicyclic) bond motifs is 3. The highest BCUT2D eigenvalue weighted by Crippen LogP contribution is 2.50.